The Labute approximate surface area is 238 Å². The fraction of sp³-hybridized carbons (Fsp3) is 0.250. The molecular weight excluding hydrogens is 520 g/mol. The molecule has 9 heteroatoms. The zero-order valence-corrected chi connectivity index (χ0v) is 24.3. The van der Waals surface area contributed by atoms with E-state index in [0.29, 0.717) is 33.9 Å². The van der Waals surface area contributed by atoms with E-state index in [1.807, 2.05) is 110 Å². The smallest absolute Gasteiger partial charge is 0.275 e. The van der Waals surface area contributed by atoms with Gasteiger partial charge in [-0.15, -0.1) is 0 Å². The average molecular weight is 555 g/mol. The van der Waals surface area contributed by atoms with Gasteiger partial charge in [-0.2, -0.15) is 0 Å². The number of methoxy groups -OCH3 is 3. The highest BCUT2D eigenvalue weighted by Gasteiger charge is 2.34. The molecule has 9 nitrogen and oxygen atoms in total. The first-order chi connectivity index (χ1) is 19.7. The van der Waals surface area contributed by atoms with E-state index < -0.39 is 5.92 Å². The van der Waals surface area contributed by atoms with Crippen LogP contribution in [-0.2, 0) is 14.1 Å². The highest BCUT2D eigenvalue weighted by Crippen LogP contribution is 2.43. The van der Waals surface area contributed by atoms with Crippen molar-refractivity contribution in [3.05, 3.63) is 122 Å². The van der Waals surface area contributed by atoms with E-state index in [2.05, 4.69) is 0 Å². The zero-order chi connectivity index (χ0) is 29.4. The summed E-state index contributed by atoms with van der Waals surface area (Å²) in [7, 11) is 8.32. The largest absolute Gasteiger partial charge is 0.493 e. The third-order valence-corrected chi connectivity index (χ3v) is 7.80. The van der Waals surface area contributed by atoms with Crippen LogP contribution in [0.1, 0.15) is 34.0 Å². The van der Waals surface area contributed by atoms with Gasteiger partial charge in [-0.3, -0.25) is 19.0 Å². The molecule has 41 heavy (non-hydrogen) atoms. The standard InChI is InChI=1S/C32H34N4O5/c1-20-27(31(37)35(33(20)3)23-14-10-8-11-15-23)29(22-18-25(39-5)30(41-7)26(19-22)40-6)28-21(2)34(4)36(32(28)38)24-16-12-9-13-17-24/h8-19,29H,1-7H3. The molecule has 0 amide bonds. The van der Waals surface area contributed by atoms with Gasteiger partial charge in [0, 0.05) is 31.4 Å². The van der Waals surface area contributed by atoms with E-state index in [9.17, 15) is 9.59 Å². The lowest BCUT2D eigenvalue weighted by Crippen LogP contribution is -2.26. The van der Waals surface area contributed by atoms with Gasteiger partial charge in [0.25, 0.3) is 11.1 Å². The number of para-hydroxylation sites is 2. The number of hydrogen-bond donors (Lipinski definition) is 0. The molecule has 0 saturated heterocycles. The third-order valence-electron chi connectivity index (χ3n) is 7.80. The van der Waals surface area contributed by atoms with Crippen LogP contribution in [0, 0.1) is 13.8 Å². The lowest BCUT2D eigenvalue weighted by molar-refractivity contribution is 0.323. The highest BCUT2D eigenvalue weighted by atomic mass is 16.5. The van der Waals surface area contributed by atoms with Crippen LogP contribution < -0.4 is 25.3 Å². The van der Waals surface area contributed by atoms with E-state index >= 15 is 0 Å². The maximum absolute atomic E-state index is 14.4. The highest BCUT2D eigenvalue weighted by molar-refractivity contribution is 5.58. The Kier molecular flexibility index (Phi) is 7.36. The molecule has 0 radical (unpaired) electrons. The van der Waals surface area contributed by atoms with Crippen molar-refractivity contribution in [1.29, 1.82) is 0 Å². The van der Waals surface area contributed by atoms with Crippen LogP contribution in [0.4, 0.5) is 0 Å². The van der Waals surface area contributed by atoms with Gasteiger partial charge in [-0.1, -0.05) is 36.4 Å². The molecule has 3 aromatic carbocycles. The predicted molar refractivity (Wildman–Crippen MR) is 159 cm³/mol. The molecule has 0 atom stereocenters. The number of ether oxygens (including phenoxy) is 3. The molecule has 0 aliphatic carbocycles. The van der Waals surface area contributed by atoms with Crippen molar-refractivity contribution < 1.29 is 14.2 Å². The first kappa shape index (κ1) is 27.6. The molecule has 0 unspecified atom stereocenters. The zero-order valence-electron chi connectivity index (χ0n) is 24.3. The molecule has 0 N–H and O–H groups in total. The Balaban J connectivity index is 1.89. The van der Waals surface area contributed by atoms with Gasteiger partial charge >= 0.3 is 0 Å². The van der Waals surface area contributed by atoms with E-state index in [1.165, 1.54) is 7.11 Å². The van der Waals surface area contributed by atoms with Crippen LogP contribution in [0.5, 0.6) is 17.2 Å². The maximum atomic E-state index is 14.4. The Morgan fingerprint density at radius 1 is 0.610 bits per heavy atom. The van der Waals surface area contributed by atoms with Gasteiger partial charge in [0.05, 0.1) is 43.8 Å². The molecule has 2 heterocycles. The average Bonchev–Trinajstić information content (AvgIpc) is 3.35. The molecule has 212 valence electrons. The molecule has 0 bridgehead atoms. The summed E-state index contributed by atoms with van der Waals surface area (Å²) >= 11 is 0. The van der Waals surface area contributed by atoms with Crippen molar-refractivity contribution in [3.63, 3.8) is 0 Å². The topological polar surface area (TPSA) is 81.5 Å². The summed E-state index contributed by atoms with van der Waals surface area (Å²) in [5, 5.41) is 0. The van der Waals surface area contributed by atoms with Crippen molar-refractivity contribution in [1.82, 2.24) is 18.7 Å². The van der Waals surface area contributed by atoms with Crippen molar-refractivity contribution >= 4 is 0 Å². The number of hydrogen-bond acceptors (Lipinski definition) is 5. The molecule has 0 saturated carbocycles. The normalized spacial score (nSPS) is 11.2. The second kappa shape index (κ2) is 10.9. The quantitative estimate of drug-likeness (QED) is 0.282. The summed E-state index contributed by atoms with van der Waals surface area (Å²) < 4.78 is 23.8. The molecule has 0 aliphatic heterocycles. The fourth-order valence-corrected chi connectivity index (χ4v) is 5.59. The van der Waals surface area contributed by atoms with Gasteiger partial charge in [0.2, 0.25) is 5.75 Å². The predicted octanol–water partition coefficient (Wildman–Crippen LogP) is 4.49. The molecule has 0 aliphatic rings. The van der Waals surface area contributed by atoms with Crippen LogP contribution >= 0.6 is 0 Å². The van der Waals surface area contributed by atoms with Crippen LogP contribution in [-0.4, -0.2) is 40.1 Å². The minimum absolute atomic E-state index is 0.219. The second-order valence-corrected chi connectivity index (χ2v) is 9.84. The summed E-state index contributed by atoms with van der Waals surface area (Å²) in [5.41, 5.74) is 4.10. The number of aromatic nitrogens is 4. The summed E-state index contributed by atoms with van der Waals surface area (Å²) in [6, 6.07) is 22.5. The SMILES string of the molecule is COc1cc(C(c2c(C)n(C)n(-c3ccccc3)c2=O)c2c(C)n(C)n(-c3ccccc3)c2=O)cc(OC)c1OC. The van der Waals surface area contributed by atoms with Crippen molar-refractivity contribution in [2.75, 3.05) is 21.3 Å². The van der Waals surface area contributed by atoms with Crippen molar-refractivity contribution in [2.24, 2.45) is 14.1 Å². The molecule has 0 fully saturated rings. The van der Waals surface area contributed by atoms with E-state index in [0.717, 1.165) is 22.8 Å². The van der Waals surface area contributed by atoms with E-state index in [-0.39, 0.29) is 11.1 Å². The monoisotopic (exact) mass is 554 g/mol. The molecule has 5 aromatic rings. The van der Waals surface area contributed by atoms with Crippen LogP contribution in [0.3, 0.4) is 0 Å². The fourth-order valence-electron chi connectivity index (χ4n) is 5.59. The Morgan fingerprint density at radius 3 is 1.34 bits per heavy atom. The van der Waals surface area contributed by atoms with Gasteiger partial charge in [0.15, 0.2) is 11.5 Å². The van der Waals surface area contributed by atoms with Crippen molar-refractivity contribution in [3.8, 4) is 28.6 Å². The lowest BCUT2D eigenvalue weighted by Gasteiger charge is -2.20. The first-order valence-corrected chi connectivity index (χ1v) is 13.2. The molecule has 2 aromatic heterocycles. The van der Waals surface area contributed by atoms with Crippen LogP contribution in [0.2, 0.25) is 0 Å². The Hall–Kier alpha value is -4.92. The Bertz CT molecular complexity index is 1700. The lowest BCUT2D eigenvalue weighted by atomic mass is 9.85. The Morgan fingerprint density at radius 2 is 1.00 bits per heavy atom. The van der Waals surface area contributed by atoms with Gasteiger partial charge < -0.3 is 14.2 Å². The van der Waals surface area contributed by atoms with Crippen molar-refractivity contribution in [2.45, 2.75) is 19.8 Å². The molecular formula is C32H34N4O5. The van der Waals surface area contributed by atoms with Gasteiger partial charge in [-0.05, 0) is 55.8 Å². The molecule has 0 spiro atoms. The summed E-state index contributed by atoms with van der Waals surface area (Å²) in [4.78, 5) is 28.7. The van der Waals surface area contributed by atoms with Gasteiger partial charge in [0.1, 0.15) is 0 Å². The summed E-state index contributed by atoms with van der Waals surface area (Å²) in [5.74, 6) is 0.549. The maximum Gasteiger partial charge on any atom is 0.275 e. The second-order valence-electron chi connectivity index (χ2n) is 9.84. The van der Waals surface area contributed by atoms with E-state index in [1.54, 1.807) is 23.6 Å². The van der Waals surface area contributed by atoms with Crippen LogP contribution in [0.15, 0.2) is 82.4 Å². The van der Waals surface area contributed by atoms with E-state index in [4.69, 9.17) is 14.2 Å². The summed E-state index contributed by atoms with van der Waals surface area (Å²) in [6.45, 7) is 3.80. The first-order valence-electron chi connectivity index (χ1n) is 13.2. The summed E-state index contributed by atoms with van der Waals surface area (Å²) in [6.07, 6.45) is 0. The minimum Gasteiger partial charge on any atom is -0.493 e. The van der Waals surface area contributed by atoms with Crippen LogP contribution in [0.25, 0.3) is 11.4 Å². The number of nitrogens with zero attached hydrogens (tertiary/aromatic N) is 4. The number of benzene rings is 3. The van der Waals surface area contributed by atoms with Gasteiger partial charge in [-0.25, -0.2) is 9.36 Å². The number of rotatable bonds is 8. The molecule has 5 rings (SSSR count). The third kappa shape index (κ3) is 4.43. The minimum atomic E-state index is -0.740.